The van der Waals surface area contributed by atoms with Crippen LogP contribution in [0.3, 0.4) is 0 Å². The summed E-state index contributed by atoms with van der Waals surface area (Å²) in [4.78, 5) is 54.6. The number of imidazole rings is 2. The van der Waals surface area contributed by atoms with Crippen LogP contribution < -0.4 is 22.6 Å². The monoisotopic (exact) mass is 628 g/mol. The number of nitrogens with zero attached hydrogens (tertiary/aromatic N) is 6. The third kappa shape index (κ3) is 5.18. The third-order valence-corrected chi connectivity index (χ3v) is 7.88. The highest BCUT2D eigenvalue weighted by Gasteiger charge is 2.47. The molecule has 43 heavy (non-hydrogen) atoms. The van der Waals surface area contributed by atoms with Gasteiger partial charge in [0.1, 0.15) is 36.6 Å². The van der Waals surface area contributed by atoms with Crippen molar-refractivity contribution in [2.24, 2.45) is 0 Å². The number of aromatic amines is 2. The first-order valence-corrected chi connectivity index (χ1v) is 13.9. The molecule has 0 bridgehead atoms. The molecule has 0 aromatic carbocycles. The fraction of sp³-hybridized carbons (Fsp3) is 0.500. The average Bonchev–Trinajstić information content (AvgIpc) is 3.69. The number of hydrogen-bond acceptors (Lipinski definition) is 17. The van der Waals surface area contributed by atoms with Crippen molar-refractivity contribution >= 4 is 42.0 Å². The summed E-state index contributed by atoms with van der Waals surface area (Å²) in [6.45, 7) is -1.49. The summed E-state index contributed by atoms with van der Waals surface area (Å²) >= 11 is 0. The second-order valence-corrected chi connectivity index (χ2v) is 11.2. The molecule has 8 atom stereocenters. The van der Waals surface area contributed by atoms with Crippen molar-refractivity contribution in [3.63, 3.8) is 0 Å². The van der Waals surface area contributed by atoms with Gasteiger partial charge in [0.05, 0.1) is 25.9 Å². The van der Waals surface area contributed by atoms with Gasteiger partial charge in [-0.3, -0.25) is 37.7 Å². The minimum atomic E-state index is -4.89. The largest absolute Gasteiger partial charge is 0.472 e. The zero-order valence-electron chi connectivity index (χ0n) is 21.6. The Bertz CT molecular complexity index is 1710. The Morgan fingerprint density at radius 2 is 1.19 bits per heavy atom. The van der Waals surface area contributed by atoms with E-state index in [1.165, 1.54) is 0 Å². The van der Waals surface area contributed by atoms with E-state index in [4.69, 9.17) is 30.0 Å². The molecule has 0 aliphatic carbocycles. The molecule has 23 heteroatoms. The van der Waals surface area contributed by atoms with Gasteiger partial charge in [-0.2, -0.15) is 9.97 Å². The van der Waals surface area contributed by atoms with E-state index < -0.39 is 81.2 Å². The topological polar surface area (TPSA) is 334 Å². The Morgan fingerprint density at radius 1 is 0.791 bits per heavy atom. The molecule has 0 unspecified atom stereocenters. The Hall–Kier alpha value is -3.83. The van der Waals surface area contributed by atoms with Crippen molar-refractivity contribution in [1.29, 1.82) is 0 Å². The van der Waals surface area contributed by atoms with Crippen LogP contribution in [0.25, 0.3) is 22.3 Å². The number of H-pyrrole nitrogens is 2. The first kappa shape index (κ1) is 29.3. The number of hydrogen-bond donors (Lipinski definition) is 9. The van der Waals surface area contributed by atoms with Crippen LogP contribution in [0.2, 0.25) is 0 Å². The Labute approximate surface area is 237 Å². The van der Waals surface area contributed by atoms with Crippen molar-refractivity contribution in [2.45, 2.75) is 49.1 Å². The van der Waals surface area contributed by atoms with Crippen molar-refractivity contribution in [3.05, 3.63) is 33.4 Å². The summed E-state index contributed by atoms with van der Waals surface area (Å²) in [5.74, 6) is -0.452. The molecule has 6 rings (SSSR count). The molecule has 2 saturated heterocycles. The number of aliphatic hydroxyl groups excluding tert-OH is 4. The highest BCUT2D eigenvalue weighted by Crippen LogP contribution is 2.45. The summed E-state index contributed by atoms with van der Waals surface area (Å²) in [5.41, 5.74) is 9.58. The number of rotatable bonds is 8. The molecule has 11 N–H and O–H groups in total. The normalized spacial score (nSPS) is 30.8. The summed E-state index contributed by atoms with van der Waals surface area (Å²) < 4.78 is 36.0. The summed E-state index contributed by atoms with van der Waals surface area (Å²) in [6, 6.07) is 0. The van der Waals surface area contributed by atoms with Gasteiger partial charge in [-0.05, 0) is 0 Å². The smallest absolute Gasteiger partial charge is 0.387 e. The summed E-state index contributed by atoms with van der Waals surface area (Å²) in [6.07, 6.45) is -9.46. The van der Waals surface area contributed by atoms with Crippen LogP contribution in [-0.4, -0.2) is 114 Å². The fourth-order valence-corrected chi connectivity index (χ4v) is 5.57. The lowest BCUT2D eigenvalue weighted by atomic mass is 10.1. The third-order valence-electron chi connectivity index (χ3n) is 6.93. The van der Waals surface area contributed by atoms with Gasteiger partial charge < -0.3 is 46.3 Å². The maximum absolute atomic E-state index is 12.6. The van der Waals surface area contributed by atoms with Crippen LogP contribution in [0.5, 0.6) is 0 Å². The number of aromatic nitrogens is 8. The van der Waals surface area contributed by atoms with E-state index in [1.807, 2.05) is 0 Å². The second kappa shape index (κ2) is 10.7. The molecule has 4 aromatic rings. The SMILES string of the molecule is Nc1nc2c(ncn2[C@@H]2O[C@H](COP(=O)(O)OC[C@H]3O[C@@H](n4cnc5c(=O)[nH]c(N)nc54)[C@H](O)[C@H]3O)[C@H](O)[C@H]2O)c(=O)[nH]1. The van der Waals surface area contributed by atoms with Crippen LogP contribution in [0, 0.1) is 0 Å². The minimum Gasteiger partial charge on any atom is -0.387 e. The molecule has 0 amide bonds. The molecule has 4 aromatic heterocycles. The number of phosphoric acid groups is 1. The molecule has 2 aliphatic heterocycles. The number of nitrogens with one attached hydrogen (secondary N) is 2. The highest BCUT2D eigenvalue weighted by atomic mass is 31.2. The number of ether oxygens (including phenoxy) is 2. The molecule has 6 heterocycles. The average molecular weight is 628 g/mol. The second-order valence-electron chi connectivity index (χ2n) is 9.70. The van der Waals surface area contributed by atoms with Crippen molar-refractivity contribution in [2.75, 3.05) is 24.7 Å². The lowest BCUT2D eigenvalue weighted by Crippen LogP contribution is -2.34. The number of nitrogen functional groups attached to an aromatic ring is 2. The van der Waals surface area contributed by atoms with Crippen LogP contribution in [0.4, 0.5) is 11.9 Å². The van der Waals surface area contributed by atoms with Gasteiger partial charge in [-0.1, -0.05) is 0 Å². The minimum absolute atomic E-state index is 0.0411. The molecule has 0 saturated carbocycles. The quantitative estimate of drug-likeness (QED) is 0.0835. The van der Waals surface area contributed by atoms with Gasteiger partial charge in [0.25, 0.3) is 11.1 Å². The van der Waals surface area contributed by atoms with Gasteiger partial charge in [-0.15, -0.1) is 0 Å². The highest BCUT2D eigenvalue weighted by molar-refractivity contribution is 7.47. The first-order chi connectivity index (χ1) is 20.3. The molecule has 2 fully saturated rings. The van der Waals surface area contributed by atoms with Gasteiger partial charge >= 0.3 is 7.82 Å². The van der Waals surface area contributed by atoms with Crippen LogP contribution >= 0.6 is 7.82 Å². The van der Waals surface area contributed by atoms with Crippen LogP contribution in [0.1, 0.15) is 12.5 Å². The Balaban J connectivity index is 1.09. The number of fused-ring (bicyclic) bond motifs is 2. The molecule has 0 radical (unpaired) electrons. The van der Waals surface area contributed by atoms with Gasteiger partial charge in [0, 0.05) is 0 Å². The zero-order valence-corrected chi connectivity index (χ0v) is 22.5. The van der Waals surface area contributed by atoms with E-state index in [0.717, 1.165) is 21.8 Å². The van der Waals surface area contributed by atoms with Crippen LogP contribution in [0.15, 0.2) is 22.2 Å². The molecule has 232 valence electrons. The van der Waals surface area contributed by atoms with Crippen LogP contribution in [-0.2, 0) is 23.1 Å². The van der Waals surface area contributed by atoms with E-state index >= 15 is 0 Å². The van der Waals surface area contributed by atoms with E-state index in [0.29, 0.717) is 0 Å². The maximum Gasteiger partial charge on any atom is 0.472 e. The van der Waals surface area contributed by atoms with Gasteiger partial charge in [-0.25, -0.2) is 14.5 Å². The number of nitrogens with two attached hydrogens (primary N) is 2. The van der Waals surface area contributed by atoms with E-state index in [9.17, 15) is 39.5 Å². The van der Waals surface area contributed by atoms with Crippen molar-refractivity contribution in [1.82, 2.24) is 39.0 Å². The van der Waals surface area contributed by atoms with Gasteiger partial charge in [0.15, 0.2) is 34.8 Å². The first-order valence-electron chi connectivity index (χ1n) is 12.4. The lowest BCUT2D eigenvalue weighted by molar-refractivity contribution is -0.0608. The maximum atomic E-state index is 12.6. The van der Waals surface area contributed by atoms with E-state index in [1.54, 1.807) is 0 Å². The van der Waals surface area contributed by atoms with Crippen molar-refractivity contribution < 1.29 is 48.4 Å². The van der Waals surface area contributed by atoms with Gasteiger partial charge in [0.2, 0.25) is 11.9 Å². The zero-order chi connectivity index (χ0) is 30.8. The summed E-state index contributed by atoms with van der Waals surface area (Å²) in [7, 11) is -4.89. The molecule has 22 nitrogen and oxygen atoms in total. The fourth-order valence-electron chi connectivity index (χ4n) is 4.82. The molecular formula is C20H25N10O12P. The Kier molecular flexibility index (Phi) is 7.29. The molecule has 0 spiro atoms. The number of anilines is 2. The van der Waals surface area contributed by atoms with E-state index in [-0.39, 0.29) is 34.2 Å². The molecular weight excluding hydrogens is 603 g/mol. The predicted octanol–water partition coefficient (Wildman–Crippen LogP) is -4.21. The van der Waals surface area contributed by atoms with E-state index in [2.05, 4.69) is 29.9 Å². The molecule has 2 aliphatic rings. The predicted molar refractivity (Wildman–Crippen MR) is 139 cm³/mol. The van der Waals surface area contributed by atoms with Crippen molar-refractivity contribution in [3.8, 4) is 0 Å². The number of aliphatic hydroxyl groups is 4. The lowest BCUT2D eigenvalue weighted by Gasteiger charge is -2.20. The standard InChI is InChI=1S/C20H25N10O12P/c21-19-25-13-7(15(35)27-19)23-3-29(13)17-11(33)9(31)5(41-17)1-39-43(37,38)40-2-6-10(32)12(34)18(42-6)30-4-24-8-14(30)26-20(22)28-16(8)36/h3-6,9-12,17-18,31-34H,1-2H2,(H,37,38)(H3,21,25,27,35)(H3,22,26,28,36)/t5-,6-,9+,10+,11-,12-,17-,18-/m1/s1. The Morgan fingerprint density at radius 3 is 1.58 bits per heavy atom. The number of phosphoric ester groups is 1. The summed E-state index contributed by atoms with van der Waals surface area (Å²) in [5, 5.41) is 42.0.